The van der Waals surface area contributed by atoms with Crippen LogP contribution in [0, 0.1) is 23.1 Å². The summed E-state index contributed by atoms with van der Waals surface area (Å²) in [6.07, 6.45) is 6.24. The summed E-state index contributed by atoms with van der Waals surface area (Å²) in [5, 5.41) is 10.4. The Labute approximate surface area is 131 Å². The summed E-state index contributed by atoms with van der Waals surface area (Å²) in [5.41, 5.74) is 2.57. The van der Waals surface area contributed by atoms with Gasteiger partial charge in [0, 0.05) is 0 Å². The van der Waals surface area contributed by atoms with Gasteiger partial charge in [-0.25, -0.2) is 4.39 Å². The molecule has 2 saturated carbocycles. The van der Waals surface area contributed by atoms with Crippen molar-refractivity contribution in [3.8, 4) is 5.75 Å². The van der Waals surface area contributed by atoms with Crippen molar-refractivity contribution in [3.63, 3.8) is 0 Å². The highest BCUT2D eigenvalue weighted by Crippen LogP contribution is 2.61. The molecule has 0 saturated heterocycles. The monoisotopic (exact) mass is 304 g/mol. The number of methoxy groups -OCH3 is 1. The maximum Gasteiger partial charge on any atom is 0.165 e. The van der Waals surface area contributed by atoms with Crippen LogP contribution in [-0.4, -0.2) is 18.3 Å². The van der Waals surface area contributed by atoms with E-state index >= 15 is 0 Å². The number of benzene rings is 1. The van der Waals surface area contributed by atoms with E-state index in [9.17, 15) is 9.50 Å². The van der Waals surface area contributed by atoms with Gasteiger partial charge in [0.15, 0.2) is 11.6 Å². The molecule has 5 atom stereocenters. The number of hydrogen-bond acceptors (Lipinski definition) is 2. The fourth-order valence-corrected chi connectivity index (χ4v) is 5.70. The van der Waals surface area contributed by atoms with E-state index in [1.807, 2.05) is 6.07 Å². The van der Waals surface area contributed by atoms with Crippen LogP contribution in [0.25, 0.3) is 0 Å². The lowest BCUT2D eigenvalue weighted by Gasteiger charge is -2.50. The summed E-state index contributed by atoms with van der Waals surface area (Å²) < 4.78 is 19.2. The first-order valence-electron chi connectivity index (χ1n) is 8.59. The van der Waals surface area contributed by atoms with Gasteiger partial charge < -0.3 is 9.84 Å². The third kappa shape index (κ3) is 1.87. The first-order valence-corrected chi connectivity index (χ1v) is 8.59. The predicted molar refractivity (Wildman–Crippen MR) is 83.6 cm³/mol. The summed E-state index contributed by atoms with van der Waals surface area (Å²) in [4.78, 5) is 0. The van der Waals surface area contributed by atoms with Crippen LogP contribution in [0.4, 0.5) is 4.39 Å². The van der Waals surface area contributed by atoms with E-state index in [1.54, 1.807) is 6.07 Å². The van der Waals surface area contributed by atoms with Gasteiger partial charge in [0.05, 0.1) is 13.2 Å². The molecule has 4 rings (SSSR count). The third-order valence-electron chi connectivity index (χ3n) is 6.95. The maximum atomic E-state index is 14.0. The minimum absolute atomic E-state index is 0.1000. The molecular formula is C19H25FO2. The van der Waals surface area contributed by atoms with Crippen LogP contribution in [0.3, 0.4) is 0 Å². The van der Waals surface area contributed by atoms with E-state index in [0.29, 0.717) is 23.5 Å². The first-order chi connectivity index (χ1) is 10.5. The summed E-state index contributed by atoms with van der Waals surface area (Å²) in [7, 11) is 1.54. The van der Waals surface area contributed by atoms with Gasteiger partial charge in [-0.2, -0.15) is 0 Å². The fraction of sp³-hybridized carbons (Fsp3) is 0.684. The fourth-order valence-electron chi connectivity index (χ4n) is 5.70. The smallest absolute Gasteiger partial charge is 0.165 e. The van der Waals surface area contributed by atoms with E-state index in [2.05, 4.69) is 6.92 Å². The Morgan fingerprint density at radius 3 is 2.82 bits per heavy atom. The molecule has 2 nitrogen and oxygen atoms in total. The number of hydrogen-bond donors (Lipinski definition) is 1. The zero-order valence-electron chi connectivity index (χ0n) is 13.4. The lowest BCUT2D eigenvalue weighted by molar-refractivity contribution is -0.0226. The summed E-state index contributed by atoms with van der Waals surface area (Å²) in [5.74, 6) is 1.90. The number of halogens is 1. The van der Waals surface area contributed by atoms with Crippen LogP contribution in [0.1, 0.15) is 56.1 Å². The van der Waals surface area contributed by atoms with Crippen LogP contribution >= 0.6 is 0 Å². The summed E-state index contributed by atoms with van der Waals surface area (Å²) in [6, 6.07) is 3.62. The first kappa shape index (κ1) is 14.5. The van der Waals surface area contributed by atoms with Crippen molar-refractivity contribution in [2.24, 2.45) is 17.3 Å². The molecule has 3 heteroatoms. The van der Waals surface area contributed by atoms with Crippen LogP contribution in [0.15, 0.2) is 12.1 Å². The normalized spacial score (nSPS) is 39.8. The van der Waals surface area contributed by atoms with Gasteiger partial charge in [0.2, 0.25) is 0 Å². The van der Waals surface area contributed by atoms with Crippen molar-refractivity contribution in [3.05, 3.63) is 29.1 Å². The maximum absolute atomic E-state index is 14.0. The Balaban J connectivity index is 1.72. The zero-order chi connectivity index (χ0) is 15.5. The molecule has 0 aromatic heterocycles. The summed E-state index contributed by atoms with van der Waals surface area (Å²) in [6.45, 7) is 2.28. The Bertz CT molecular complexity index is 599. The van der Waals surface area contributed by atoms with Crippen molar-refractivity contribution >= 4 is 0 Å². The van der Waals surface area contributed by atoms with Gasteiger partial charge in [-0.15, -0.1) is 0 Å². The Morgan fingerprint density at radius 1 is 1.23 bits per heavy atom. The van der Waals surface area contributed by atoms with E-state index < -0.39 is 0 Å². The second-order valence-electron chi connectivity index (χ2n) is 7.74. The van der Waals surface area contributed by atoms with E-state index in [4.69, 9.17) is 4.74 Å². The average Bonchev–Trinajstić information content (AvgIpc) is 2.82. The molecule has 0 heterocycles. The van der Waals surface area contributed by atoms with Crippen molar-refractivity contribution in [1.29, 1.82) is 0 Å². The predicted octanol–water partition coefficient (Wildman–Crippen LogP) is 4.05. The van der Waals surface area contributed by atoms with Crippen molar-refractivity contribution in [2.45, 2.75) is 57.5 Å². The largest absolute Gasteiger partial charge is 0.494 e. The Kier molecular flexibility index (Phi) is 3.26. The number of fused-ring (bicyclic) bond motifs is 5. The molecule has 1 N–H and O–H groups in total. The topological polar surface area (TPSA) is 29.5 Å². The van der Waals surface area contributed by atoms with Gasteiger partial charge in [-0.05, 0) is 85.0 Å². The van der Waals surface area contributed by atoms with E-state index in [-0.39, 0.29) is 17.3 Å². The molecule has 0 amide bonds. The van der Waals surface area contributed by atoms with Gasteiger partial charge in [0.25, 0.3) is 0 Å². The highest BCUT2D eigenvalue weighted by atomic mass is 19.1. The van der Waals surface area contributed by atoms with Crippen LogP contribution in [0.5, 0.6) is 5.75 Å². The average molecular weight is 304 g/mol. The molecule has 0 unspecified atom stereocenters. The molecule has 0 bridgehead atoms. The molecule has 0 spiro atoms. The molecule has 0 aliphatic heterocycles. The van der Waals surface area contributed by atoms with Crippen LogP contribution in [-0.2, 0) is 6.42 Å². The third-order valence-corrected chi connectivity index (χ3v) is 6.95. The zero-order valence-corrected chi connectivity index (χ0v) is 13.4. The van der Waals surface area contributed by atoms with E-state index in [0.717, 1.165) is 38.5 Å². The van der Waals surface area contributed by atoms with Crippen molar-refractivity contribution in [2.75, 3.05) is 7.11 Å². The Morgan fingerprint density at radius 2 is 2.05 bits per heavy atom. The van der Waals surface area contributed by atoms with Crippen molar-refractivity contribution < 1.29 is 14.2 Å². The second kappa shape index (κ2) is 4.95. The van der Waals surface area contributed by atoms with Crippen LogP contribution in [0.2, 0.25) is 0 Å². The molecule has 2 fully saturated rings. The molecule has 3 aliphatic rings. The number of ether oxygens (including phenoxy) is 1. The van der Waals surface area contributed by atoms with E-state index in [1.165, 1.54) is 18.2 Å². The molecule has 0 radical (unpaired) electrons. The molecule has 1 aromatic rings. The molecule has 1 aromatic carbocycles. The second-order valence-corrected chi connectivity index (χ2v) is 7.74. The van der Waals surface area contributed by atoms with Crippen LogP contribution < -0.4 is 4.74 Å². The number of aryl methyl sites for hydroxylation is 1. The quantitative estimate of drug-likeness (QED) is 0.848. The molecular weight excluding hydrogens is 279 g/mol. The van der Waals surface area contributed by atoms with Gasteiger partial charge in [-0.3, -0.25) is 0 Å². The highest BCUT2D eigenvalue weighted by molar-refractivity contribution is 5.42. The lowest BCUT2D eigenvalue weighted by atomic mass is 9.55. The SMILES string of the molecule is COc1cc2c(cc1F)CC[C@@H]1[C@@H]2CC[C@]2(C)[C@@H](O)CC[C@@H]12. The van der Waals surface area contributed by atoms with Gasteiger partial charge >= 0.3 is 0 Å². The number of aliphatic hydroxyl groups excluding tert-OH is 1. The molecule has 120 valence electrons. The lowest BCUT2D eigenvalue weighted by Crippen LogP contribution is -2.43. The standard InChI is InChI=1S/C19H25FO2/c1-19-8-7-12-13(15(19)5-6-18(19)21)4-3-11-9-16(20)17(22-2)10-14(11)12/h9-10,12-13,15,18,21H,3-8H2,1-2H3/t12-,13+,15-,18-,19-/m0/s1. The Hall–Kier alpha value is -1.09. The number of rotatable bonds is 1. The minimum Gasteiger partial charge on any atom is -0.494 e. The summed E-state index contributed by atoms with van der Waals surface area (Å²) >= 11 is 0. The minimum atomic E-state index is -0.239. The number of aliphatic hydroxyl groups is 1. The van der Waals surface area contributed by atoms with Gasteiger partial charge in [-0.1, -0.05) is 6.92 Å². The highest BCUT2D eigenvalue weighted by Gasteiger charge is 2.54. The van der Waals surface area contributed by atoms with Crippen molar-refractivity contribution in [1.82, 2.24) is 0 Å². The molecule has 22 heavy (non-hydrogen) atoms. The molecule has 3 aliphatic carbocycles. The van der Waals surface area contributed by atoms with Gasteiger partial charge in [0.1, 0.15) is 0 Å².